The molecular weight excluding hydrogens is 348 g/mol. The van der Waals surface area contributed by atoms with Gasteiger partial charge in [0, 0.05) is 11.3 Å². The lowest BCUT2D eigenvalue weighted by atomic mass is 10.1. The summed E-state index contributed by atoms with van der Waals surface area (Å²) in [5.41, 5.74) is 0.881. The Hall–Kier alpha value is -2.41. The summed E-state index contributed by atoms with van der Waals surface area (Å²) >= 11 is 1.05. The molecule has 4 nitrogen and oxygen atoms in total. The molecule has 25 heavy (non-hydrogen) atoms. The van der Waals surface area contributed by atoms with Crippen LogP contribution in [0.25, 0.3) is 0 Å². The normalized spacial score (nSPS) is 11.6. The summed E-state index contributed by atoms with van der Waals surface area (Å²) in [4.78, 5) is 24.4. The van der Waals surface area contributed by atoms with Crippen LogP contribution in [0.5, 0.6) is 0 Å². The molecular formula is C18H17F2NO3S. The van der Waals surface area contributed by atoms with Crippen molar-refractivity contribution in [3.05, 3.63) is 65.7 Å². The number of hydrogen-bond acceptors (Lipinski definition) is 4. The zero-order chi connectivity index (χ0) is 18.2. The molecule has 1 N–H and O–H groups in total. The second kappa shape index (κ2) is 9.17. The van der Waals surface area contributed by atoms with Crippen LogP contribution in [0.2, 0.25) is 0 Å². The summed E-state index contributed by atoms with van der Waals surface area (Å²) in [7, 11) is 1.25. The van der Waals surface area contributed by atoms with Crippen LogP contribution in [-0.4, -0.2) is 30.8 Å². The Morgan fingerprint density at radius 1 is 1.12 bits per heavy atom. The molecule has 0 radical (unpaired) electrons. The van der Waals surface area contributed by atoms with Crippen molar-refractivity contribution in [2.45, 2.75) is 17.4 Å². The van der Waals surface area contributed by atoms with Crippen molar-refractivity contribution in [1.82, 2.24) is 5.32 Å². The van der Waals surface area contributed by atoms with Crippen molar-refractivity contribution in [3.8, 4) is 0 Å². The Labute approximate surface area is 148 Å². The Bertz CT molecular complexity index is 740. The summed E-state index contributed by atoms with van der Waals surface area (Å²) in [6.45, 7) is 0. The van der Waals surface area contributed by atoms with E-state index >= 15 is 0 Å². The number of esters is 1. The molecule has 0 aliphatic carbocycles. The number of hydrogen-bond donors (Lipinski definition) is 1. The topological polar surface area (TPSA) is 55.4 Å². The lowest BCUT2D eigenvalue weighted by Gasteiger charge is -2.16. The first-order valence-electron chi connectivity index (χ1n) is 7.48. The molecule has 2 aromatic carbocycles. The molecule has 0 saturated heterocycles. The van der Waals surface area contributed by atoms with Crippen LogP contribution in [-0.2, 0) is 20.7 Å². The molecule has 7 heteroatoms. The number of amides is 1. The van der Waals surface area contributed by atoms with Gasteiger partial charge in [0.2, 0.25) is 5.91 Å². The van der Waals surface area contributed by atoms with E-state index in [1.165, 1.54) is 13.2 Å². The van der Waals surface area contributed by atoms with Gasteiger partial charge in [0.1, 0.15) is 6.04 Å². The molecule has 0 saturated carbocycles. The smallest absolute Gasteiger partial charge is 0.328 e. The first-order valence-corrected chi connectivity index (χ1v) is 8.47. The maximum atomic E-state index is 13.2. The lowest BCUT2D eigenvalue weighted by molar-refractivity contribution is -0.144. The van der Waals surface area contributed by atoms with Gasteiger partial charge in [-0.1, -0.05) is 30.3 Å². The number of benzene rings is 2. The number of thioether (sulfide) groups is 1. The first-order chi connectivity index (χ1) is 12.0. The van der Waals surface area contributed by atoms with E-state index in [2.05, 4.69) is 5.32 Å². The fourth-order valence-corrected chi connectivity index (χ4v) is 2.87. The van der Waals surface area contributed by atoms with Crippen molar-refractivity contribution in [3.63, 3.8) is 0 Å². The minimum atomic E-state index is -0.970. The van der Waals surface area contributed by atoms with Gasteiger partial charge >= 0.3 is 5.97 Å². The predicted molar refractivity (Wildman–Crippen MR) is 91.2 cm³/mol. The van der Waals surface area contributed by atoms with E-state index in [4.69, 9.17) is 4.74 Å². The SMILES string of the molecule is COC(=O)[C@H](Cc1ccccc1)NC(=O)CSc1ccc(F)c(F)c1. The molecule has 2 aromatic rings. The molecule has 0 heterocycles. The van der Waals surface area contributed by atoms with Crippen LogP contribution in [0.1, 0.15) is 5.56 Å². The molecule has 0 fully saturated rings. The van der Waals surface area contributed by atoms with Crippen molar-refractivity contribution in [2.24, 2.45) is 0 Å². The Balaban J connectivity index is 1.94. The highest BCUT2D eigenvalue weighted by atomic mass is 32.2. The number of halogens is 2. The fraction of sp³-hybridized carbons (Fsp3) is 0.222. The summed E-state index contributed by atoms with van der Waals surface area (Å²) in [5.74, 6) is -2.90. The van der Waals surface area contributed by atoms with Gasteiger partial charge in [0.15, 0.2) is 11.6 Å². The third kappa shape index (κ3) is 5.86. The quantitative estimate of drug-likeness (QED) is 0.605. The van der Waals surface area contributed by atoms with E-state index in [0.717, 1.165) is 29.5 Å². The van der Waals surface area contributed by atoms with Gasteiger partial charge in [-0.05, 0) is 23.8 Å². The van der Waals surface area contributed by atoms with E-state index in [0.29, 0.717) is 11.3 Å². The lowest BCUT2D eigenvalue weighted by Crippen LogP contribution is -2.43. The van der Waals surface area contributed by atoms with E-state index in [1.54, 1.807) is 0 Å². The van der Waals surface area contributed by atoms with E-state index in [-0.39, 0.29) is 5.75 Å². The Morgan fingerprint density at radius 3 is 2.48 bits per heavy atom. The van der Waals surface area contributed by atoms with Gasteiger partial charge in [-0.25, -0.2) is 13.6 Å². The summed E-state index contributed by atoms with van der Waals surface area (Å²) in [6.07, 6.45) is 0.301. The average Bonchev–Trinajstić information content (AvgIpc) is 2.62. The molecule has 0 unspecified atom stereocenters. The molecule has 0 aliphatic rings. The maximum absolute atomic E-state index is 13.2. The number of rotatable bonds is 7. The van der Waals surface area contributed by atoms with Crippen LogP contribution < -0.4 is 5.32 Å². The zero-order valence-electron chi connectivity index (χ0n) is 13.5. The molecule has 1 atom stereocenters. The van der Waals surface area contributed by atoms with Crippen LogP contribution in [0, 0.1) is 11.6 Å². The number of ether oxygens (including phenoxy) is 1. The molecule has 132 valence electrons. The Kier molecular flexibility index (Phi) is 6.94. The minimum absolute atomic E-state index is 0.0344. The fourth-order valence-electron chi connectivity index (χ4n) is 2.14. The van der Waals surface area contributed by atoms with Crippen molar-refractivity contribution >= 4 is 23.6 Å². The maximum Gasteiger partial charge on any atom is 0.328 e. The third-order valence-corrected chi connectivity index (χ3v) is 4.36. The molecule has 1 amide bonds. The van der Waals surface area contributed by atoms with Crippen LogP contribution >= 0.6 is 11.8 Å². The summed E-state index contributed by atoms with van der Waals surface area (Å²) in [5, 5.41) is 2.61. The molecule has 0 aliphatic heterocycles. The van der Waals surface area contributed by atoms with Crippen LogP contribution in [0.3, 0.4) is 0 Å². The Morgan fingerprint density at radius 2 is 1.84 bits per heavy atom. The zero-order valence-corrected chi connectivity index (χ0v) is 14.3. The molecule has 0 aromatic heterocycles. The van der Waals surface area contributed by atoms with Crippen LogP contribution in [0.15, 0.2) is 53.4 Å². The first kappa shape index (κ1) is 18.9. The number of methoxy groups -OCH3 is 1. The minimum Gasteiger partial charge on any atom is -0.467 e. The predicted octanol–water partition coefficient (Wildman–Crippen LogP) is 2.96. The number of carbonyl (C=O) groups excluding carboxylic acids is 2. The summed E-state index contributed by atoms with van der Waals surface area (Å²) < 4.78 is 30.8. The second-order valence-electron chi connectivity index (χ2n) is 5.20. The van der Waals surface area contributed by atoms with Gasteiger partial charge in [-0.15, -0.1) is 11.8 Å². The van der Waals surface area contributed by atoms with E-state index in [1.807, 2.05) is 30.3 Å². The van der Waals surface area contributed by atoms with E-state index in [9.17, 15) is 18.4 Å². The highest BCUT2D eigenvalue weighted by Gasteiger charge is 2.22. The van der Waals surface area contributed by atoms with Gasteiger partial charge in [0.05, 0.1) is 12.9 Å². The van der Waals surface area contributed by atoms with Gasteiger partial charge in [-0.2, -0.15) is 0 Å². The average molecular weight is 365 g/mol. The van der Waals surface area contributed by atoms with Crippen molar-refractivity contribution in [1.29, 1.82) is 0 Å². The van der Waals surface area contributed by atoms with Crippen LogP contribution in [0.4, 0.5) is 8.78 Å². The van der Waals surface area contributed by atoms with E-state index < -0.39 is 29.6 Å². The third-order valence-electron chi connectivity index (χ3n) is 3.36. The standard InChI is InChI=1S/C18H17F2NO3S/c1-24-18(23)16(9-12-5-3-2-4-6-12)21-17(22)11-25-13-7-8-14(19)15(20)10-13/h2-8,10,16H,9,11H2,1H3,(H,21,22)/t16-/m0/s1. The molecule has 2 rings (SSSR count). The van der Waals surface area contributed by atoms with Gasteiger partial charge in [0.25, 0.3) is 0 Å². The number of carbonyl (C=O) groups is 2. The monoisotopic (exact) mass is 365 g/mol. The second-order valence-corrected chi connectivity index (χ2v) is 6.25. The highest BCUT2D eigenvalue weighted by molar-refractivity contribution is 8.00. The van der Waals surface area contributed by atoms with Gasteiger partial charge in [-0.3, -0.25) is 4.79 Å². The van der Waals surface area contributed by atoms with Crippen molar-refractivity contribution < 1.29 is 23.1 Å². The number of nitrogens with one attached hydrogen (secondary N) is 1. The largest absolute Gasteiger partial charge is 0.467 e. The molecule has 0 bridgehead atoms. The van der Waals surface area contributed by atoms with Gasteiger partial charge < -0.3 is 10.1 Å². The highest BCUT2D eigenvalue weighted by Crippen LogP contribution is 2.20. The van der Waals surface area contributed by atoms with Crippen molar-refractivity contribution in [2.75, 3.05) is 12.9 Å². The summed E-state index contributed by atoms with van der Waals surface area (Å²) in [6, 6.07) is 11.8. The molecule has 0 spiro atoms.